The minimum absolute atomic E-state index is 0.0976. The Hall–Kier alpha value is 0.0600. The molecule has 2 heterocycles. The number of nitrogens with zero attached hydrogens (tertiary/aromatic N) is 1. The first-order chi connectivity index (χ1) is 8.41. The van der Waals surface area contributed by atoms with E-state index in [4.69, 9.17) is 10.5 Å². The molecule has 5 heteroatoms. The number of thiophene rings is 1. The Bertz CT molecular complexity index is 407. The van der Waals surface area contributed by atoms with Gasteiger partial charge in [-0.2, -0.15) is 0 Å². The third-order valence-corrected chi connectivity index (χ3v) is 4.97. The quantitative estimate of drug-likeness (QED) is 0.924. The predicted octanol–water partition coefficient (Wildman–Crippen LogP) is 3.01. The second-order valence-corrected chi connectivity index (χ2v) is 7.39. The third-order valence-electron chi connectivity index (χ3n) is 3.18. The van der Waals surface area contributed by atoms with Gasteiger partial charge in [-0.3, -0.25) is 4.90 Å². The highest BCUT2D eigenvalue weighted by atomic mass is 79.9. The van der Waals surface area contributed by atoms with E-state index in [1.165, 1.54) is 4.88 Å². The summed E-state index contributed by atoms with van der Waals surface area (Å²) >= 11 is 5.28. The minimum Gasteiger partial charge on any atom is -0.370 e. The molecule has 1 aliphatic rings. The van der Waals surface area contributed by atoms with Crippen LogP contribution >= 0.6 is 27.3 Å². The van der Waals surface area contributed by atoms with E-state index in [9.17, 15) is 0 Å². The predicted molar refractivity (Wildman–Crippen MR) is 80.0 cm³/mol. The van der Waals surface area contributed by atoms with E-state index in [-0.39, 0.29) is 11.7 Å². The van der Waals surface area contributed by atoms with Crippen molar-refractivity contribution >= 4 is 27.3 Å². The molecule has 1 aromatic heterocycles. The highest BCUT2D eigenvalue weighted by Crippen LogP contribution is 2.32. The van der Waals surface area contributed by atoms with E-state index >= 15 is 0 Å². The first-order valence-corrected chi connectivity index (χ1v) is 7.94. The van der Waals surface area contributed by atoms with E-state index in [1.54, 1.807) is 11.3 Å². The van der Waals surface area contributed by atoms with Crippen LogP contribution in [-0.4, -0.2) is 36.2 Å². The summed E-state index contributed by atoms with van der Waals surface area (Å²) in [6.45, 7) is 8.94. The lowest BCUT2D eigenvalue weighted by Crippen LogP contribution is -2.53. The van der Waals surface area contributed by atoms with Crippen molar-refractivity contribution in [3.8, 4) is 0 Å². The average molecular weight is 333 g/mol. The summed E-state index contributed by atoms with van der Waals surface area (Å²) in [6, 6.07) is 2.47. The lowest BCUT2D eigenvalue weighted by molar-refractivity contribution is -0.137. The molecule has 0 saturated carbocycles. The Morgan fingerprint density at radius 1 is 1.67 bits per heavy atom. The van der Waals surface area contributed by atoms with Gasteiger partial charge in [0.2, 0.25) is 0 Å². The van der Waals surface area contributed by atoms with Gasteiger partial charge in [-0.15, -0.1) is 11.3 Å². The number of rotatable bonds is 3. The van der Waals surface area contributed by atoms with Gasteiger partial charge >= 0.3 is 0 Å². The van der Waals surface area contributed by atoms with Crippen LogP contribution in [0.2, 0.25) is 0 Å². The second-order valence-electron chi connectivity index (χ2n) is 5.54. The van der Waals surface area contributed by atoms with Gasteiger partial charge in [0.15, 0.2) is 0 Å². The van der Waals surface area contributed by atoms with E-state index in [0.29, 0.717) is 12.6 Å². The fourth-order valence-electron chi connectivity index (χ4n) is 2.69. The smallest absolute Gasteiger partial charge is 0.0757 e. The van der Waals surface area contributed by atoms with Crippen molar-refractivity contribution in [3.05, 3.63) is 20.8 Å². The number of nitrogens with two attached hydrogens (primary N) is 1. The van der Waals surface area contributed by atoms with Gasteiger partial charge in [-0.05, 0) is 42.8 Å². The number of halogens is 1. The Morgan fingerprint density at radius 3 is 2.89 bits per heavy atom. The zero-order chi connectivity index (χ0) is 13.3. The number of morpholine rings is 1. The summed E-state index contributed by atoms with van der Waals surface area (Å²) in [5.41, 5.74) is 5.89. The van der Waals surface area contributed by atoms with Crippen LogP contribution < -0.4 is 5.73 Å². The summed E-state index contributed by atoms with van der Waals surface area (Å²) in [4.78, 5) is 3.78. The molecule has 0 spiro atoms. The van der Waals surface area contributed by atoms with Crippen molar-refractivity contribution in [2.45, 2.75) is 38.5 Å². The first kappa shape index (κ1) is 14.5. The number of hydrogen-bond donors (Lipinski definition) is 1. The van der Waals surface area contributed by atoms with Crippen molar-refractivity contribution in [2.24, 2.45) is 5.73 Å². The summed E-state index contributed by atoms with van der Waals surface area (Å²) in [7, 11) is 0. The first-order valence-electron chi connectivity index (χ1n) is 6.27. The van der Waals surface area contributed by atoms with Crippen LogP contribution in [0, 0.1) is 0 Å². The lowest BCUT2D eigenvalue weighted by atomic mass is 10.0. The van der Waals surface area contributed by atoms with Crippen molar-refractivity contribution in [1.29, 1.82) is 0 Å². The number of hydrogen-bond acceptors (Lipinski definition) is 4. The Kier molecular flexibility index (Phi) is 4.49. The van der Waals surface area contributed by atoms with E-state index in [1.807, 2.05) is 0 Å². The average Bonchev–Trinajstić information content (AvgIpc) is 2.63. The van der Waals surface area contributed by atoms with Crippen molar-refractivity contribution in [2.75, 3.05) is 19.6 Å². The highest BCUT2D eigenvalue weighted by Gasteiger charge is 2.35. The monoisotopic (exact) mass is 332 g/mol. The Balaban J connectivity index is 2.17. The van der Waals surface area contributed by atoms with Gasteiger partial charge in [0.05, 0.1) is 17.7 Å². The largest absolute Gasteiger partial charge is 0.370 e. The maximum Gasteiger partial charge on any atom is 0.0757 e. The summed E-state index contributed by atoms with van der Waals surface area (Å²) in [5, 5.41) is 2.12. The molecular weight excluding hydrogens is 312 g/mol. The molecule has 0 bridgehead atoms. The zero-order valence-corrected chi connectivity index (χ0v) is 13.6. The molecule has 1 saturated heterocycles. The molecule has 0 aliphatic carbocycles. The Labute approximate surface area is 121 Å². The second kappa shape index (κ2) is 5.59. The van der Waals surface area contributed by atoms with Crippen molar-refractivity contribution < 1.29 is 4.74 Å². The molecule has 3 nitrogen and oxygen atoms in total. The molecule has 18 heavy (non-hydrogen) atoms. The molecule has 2 atom stereocenters. The summed E-state index contributed by atoms with van der Waals surface area (Å²) < 4.78 is 7.09. The van der Waals surface area contributed by atoms with Crippen LogP contribution in [0.3, 0.4) is 0 Å². The van der Waals surface area contributed by atoms with Crippen LogP contribution in [0.25, 0.3) is 0 Å². The van der Waals surface area contributed by atoms with Gasteiger partial charge in [0.1, 0.15) is 0 Å². The van der Waals surface area contributed by atoms with Crippen LogP contribution in [-0.2, 0) is 4.74 Å². The molecule has 0 aromatic carbocycles. The highest BCUT2D eigenvalue weighted by molar-refractivity contribution is 9.10. The van der Waals surface area contributed by atoms with Crippen LogP contribution in [0.4, 0.5) is 0 Å². The van der Waals surface area contributed by atoms with E-state index < -0.39 is 0 Å². The van der Waals surface area contributed by atoms with Crippen molar-refractivity contribution in [1.82, 2.24) is 4.90 Å². The van der Waals surface area contributed by atoms with Gasteiger partial charge in [0.25, 0.3) is 0 Å². The van der Waals surface area contributed by atoms with Crippen LogP contribution in [0.1, 0.15) is 31.7 Å². The number of ether oxygens (including phenoxy) is 1. The fraction of sp³-hybridized carbons (Fsp3) is 0.692. The van der Waals surface area contributed by atoms with Crippen molar-refractivity contribution in [3.63, 3.8) is 0 Å². The van der Waals surface area contributed by atoms with E-state index in [0.717, 1.165) is 17.6 Å². The molecule has 2 rings (SSSR count). The molecule has 102 valence electrons. The SMILES string of the molecule is CC1CN(C(CN)c2cc(Br)cs2)CC(C)(C)O1. The van der Waals surface area contributed by atoms with Gasteiger partial charge in [0, 0.05) is 34.4 Å². The third kappa shape index (κ3) is 3.33. The standard InChI is InChI=1S/C13H21BrN2OS/c1-9-6-16(8-13(2,3)17-9)11(5-15)12-4-10(14)7-18-12/h4,7,9,11H,5-6,8,15H2,1-3H3. The summed E-state index contributed by atoms with van der Waals surface area (Å²) in [5.74, 6) is 0. The molecule has 0 radical (unpaired) electrons. The van der Waals surface area contributed by atoms with Gasteiger partial charge < -0.3 is 10.5 Å². The normalized spacial score (nSPS) is 26.2. The molecule has 1 aliphatic heterocycles. The Morgan fingerprint density at radius 2 is 2.39 bits per heavy atom. The van der Waals surface area contributed by atoms with Gasteiger partial charge in [-0.1, -0.05) is 0 Å². The van der Waals surface area contributed by atoms with Crippen LogP contribution in [0.5, 0.6) is 0 Å². The van der Waals surface area contributed by atoms with E-state index in [2.05, 4.69) is 53.0 Å². The molecular formula is C13H21BrN2OS. The van der Waals surface area contributed by atoms with Gasteiger partial charge in [-0.25, -0.2) is 0 Å². The lowest BCUT2D eigenvalue weighted by Gasteiger charge is -2.44. The molecule has 1 fully saturated rings. The maximum absolute atomic E-state index is 5.99. The van der Waals surface area contributed by atoms with Crippen LogP contribution in [0.15, 0.2) is 15.9 Å². The molecule has 1 aromatic rings. The maximum atomic E-state index is 5.99. The minimum atomic E-state index is -0.0976. The molecule has 2 N–H and O–H groups in total. The molecule has 2 unspecified atom stereocenters. The fourth-order valence-corrected chi connectivity index (χ4v) is 4.28. The zero-order valence-electron chi connectivity index (χ0n) is 11.1. The molecule has 0 amide bonds. The topological polar surface area (TPSA) is 38.5 Å². The summed E-state index contributed by atoms with van der Waals surface area (Å²) in [6.07, 6.45) is 0.256.